The van der Waals surface area contributed by atoms with Crippen molar-refractivity contribution in [1.29, 1.82) is 0 Å². The molecule has 2 aromatic rings. The summed E-state index contributed by atoms with van der Waals surface area (Å²) < 4.78 is 5.58. The number of fused-ring (bicyclic) bond motifs is 1. The van der Waals surface area contributed by atoms with Gasteiger partial charge in [-0.3, -0.25) is 14.9 Å². The minimum absolute atomic E-state index is 0.0417. The molecule has 6 nitrogen and oxygen atoms in total. The third kappa shape index (κ3) is 3.86. The van der Waals surface area contributed by atoms with E-state index in [0.29, 0.717) is 6.61 Å². The molecule has 1 aliphatic rings. The van der Waals surface area contributed by atoms with Crippen molar-refractivity contribution in [2.75, 3.05) is 12.4 Å². The number of nitrogens with one attached hydrogen (secondary N) is 1. The second-order valence-electron chi connectivity index (χ2n) is 5.33. The molecule has 0 aliphatic carbocycles. The molecule has 0 saturated carbocycles. The highest BCUT2D eigenvalue weighted by molar-refractivity contribution is 8.00. The van der Waals surface area contributed by atoms with Crippen LogP contribution in [-0.2, 0) is 4.79 Å². The summed E-state index contributed by atoms with van der Waals surface area (Å²) in [6, 6.07) is 13.8. The van der Waals surface area contributed by atoms with E-state index in [9.17, 15) is 14.9 Å². The topological polar surface area (TPSA) is 81.5 Å². The van der Waals surface area contributed by atoms with Crippen molar-refractivity contribution in [3.05, 3.63) is 64.2 Å². The van der Waals surface area contributed by atoms with Gasteiger partial charge in [0.15, 0.2) is 0 Å². The fourth-order valence-corrected chi connectivity index (χ4v) is 3.25. The SMILES string of the molecule is O=C(CSc1ccc([N+](=O)[O-])cc1)N[C@H]1CCOc2ccccc21. The number of hydrogen-bond acceptors (Lipinski definition) is 5. The van der Waals surface area contributed by atoms with E-state index in [1.54, 1.807) is 12.1 Å². The first-order chi connectivity index (χ1) is 11.6. The standard InChI is InChI=1S/C17H16N2O4S/c20-17(11-24-13-7-5-12(6-8-13)19(21)22)18-15-9-10-23-16-4-2-1-3-14(15)16/h1-8,15H,9-11H2,(H,18,20)/t15-/m0/s1. The Hall–Kier alpha value is -2.54. The van der Waals surface area contributed by atoms with Gasteiger partial charge in [-0.2, -0.15) is 0 Å². The fourth-order valence-electron chi connectivity index (χ4n) is 2.54. The number of nitro groups is 1. The smallest absolute Gasteiger partial charge is 0.269 e. The highest BCUT2D eigenvalue weighted by atomic mass is 32.2. The van der Waals surface area contributed by atoms with Crippen LogP contribution in [0.3, 0.4) is 0 Å². The Kier molecular flexibility index (Phi) is 5.00. The molecule has 3 rings (SSSR count). The third-order valence-electron chi connectivity index (χ3n) is 3.71. The number of nitro benzene ring substituents is 1. The molecule has 124 valence electrons. The first-order valence-electron chi connectivity index (χ1n) is 7.52. The molecule has 1 aliphatic heterocycles. The third-order valence-corrected chi connectivity index (χ3v) is 4.72. The molecule has 1 N–H and O–H groups in total. The van der Waals surface area contributed by atoms with Crippen LogP contribution in [0.1, 0.15) is 18.0 Å². The summed E-state index contributed by atoms with van der Waals surface area (Å²) in [5.41, 5.74) is 1.04. The van der Waals surface area contributed by atoms with Crippen molar-refractivity contribution in [2.24, 2.45) is 0 Å². The van der Waals surface area contributed by atoms with Gasteiger partial charge in [-0.1, -0.05) is 18.2 Å². The quantitative estimate of drug-likeness (QED) is 0.511. The summed E-state index contributed by atoms with van der Waals surface area (Å²) in [5, 5.41) is 13.7. The van der Waals surface area contributed by atoms with Crippen LogP contribution in [0.2, 0.25) is 0 Å². The average Bonchev–Trinajstić information content (AvgIpc) is 2.61. The summed E-state index contributed by atoms with van der Waals surface area (Å²) in [5.74, 6) is 1.01. The number of nitrogens with zero attached hydrogens (tertiary/aromatic N) is 1. The Labute approximate surface area is 143 Å². The van der Waals surface area contributed by atoms with E-state index in [-0.39, 0.29) is 23.4 Å². The van der Waals surface area contributed by atoms with Gasteiger partial charge in [0.1, 0.15) is 5.75 Å². The Bertz CT molecular complexity index is 749. The highest BCUT2D eigenvalue weighted by Crippen LogP contribution is 2.31. The van der Waals surface area contributed by atoms with Crippen LogP contribution in [0.15, 0.2) is 53.4 Å². The number of carbonyl (C=O) groups is 1. The van der Waals surface area contributed by atoms with Crippen molar-refractivity contribution in [1.82, 2.24) is 5.32 Å². The van der Waals surface area contributed by atoms with Crippen molar-refractivity contribution in [3.8, 4) is 5.75 Å². The zero-order valence-corrected chi connectivity index (χ0v) is 13.6. The molecule has 0 saturated heterocycles. The normalized spacial score (nSPS) is 15.9. The van der Waals surface area contributed by atoms with E-state index in [0.717, 1.165) is 22.6 Å². The zero-order chi connectivity index (χ0) is 16.9. The zero-order valence-electron chi connectivity index (χ0n) is 12.8. The number of para-hydroxylation sites is 1. The Balaban J connectivity index is 1.56. The number of amides is 1. The molecule has 0 unspecified atom stereocenters. The Morgan fingerprint density at radius 2 is 2.00 bits per heavy atom. The minimum atomic E-state index is -0.441. The molecule has 24 heavy (non-hydrogen) atoms. The van der Waals surface area contributed by atoms with Crippen LogP contribution in [0.5, 0.6) is 5.75 Å². The van der Waals surface area contributed by atoms with Gasteiger partial charge in [0.05, 0.1) is 23.3 Å². The van der Waals surface area contributed by atoms with Crippen molar-refractivity contribution >= 4 is 23.4 Å². The molecule has 2 aromatic carbocycles. The summed E-state index contributed by atoms with van der Waals surface area (Å²) in [7, 11) is 0. The lowest BCUT2D eigenvalue weighted by Gasteiger charge is -2.26. The summed E-state index contributed by atoms with van der Waals surface area (Å²) in [4.78, 5) is 23.2. The van der Waals surface area contributed by atoms with Gasteiger partial charge in [-0.15, -0.1) is 11.8 Å². The van der Waals surface area contributed by atoms with Gasteiger partial charge < -0.3 is 10.1 Å². The lowest BCUT2D eigenvalue weighted by atomic mass is 10.0. The largest absolute Gasteiger partial charge is 0.493 e. The van der Waals surface area contributed by atoms with Crippen LogP contribution < -0.4 is 10.1 Å². The number of carbonyl (C=O) groups excluding carboxylic acids is 1. The summed E-state index contributed by atoms with van der Waals surface area (Å²) in [6.07, 6.45) is 0.741. The first kappa shape index (κ1) is 16.3. The number of hydrogen-bond donors (Lipinski definition) is 1. The molecule has 1 amide bonds. The molecule has 0 fully saturated rings. The van der Waals surface area contributed by atoms with E-state index in [1.807, 2.05) is 24.3 Å². The van der Waals surface area contributed by atoms with E-state index < -0.39 is 4.92 Å². The number of ether oxygens (including phenoxy) is 1. The first-order valence-corrected chi connectivity index (χ1v) is 8.50. The molecule has 0 bridgehead atoms. The number of non-ortho nitro benzene ring substituents is 1. The van der Waals surface area contributed by atoms with Crippen molar-refractivity contribution in [3.63, 3.8) is 0 Å². The van der Waals surface area contributed by atoms with Gasteiger partial charge in [-0.05, 0) is 18.2 Å². The predicted molar refractivity (Wildman–Crippen MR) is 91.3 cm³/mol. The van der Waals surface area contributed by atoms with Crippen LogP contribution in [0.25, 0.3) is 0 Å². The molecule has 0 aromatic heterocycles. The maximum absolute atomic E-state index is 12.2. The number of rotatable bonds is 5. The van der Waals surface area contributed by atoms with Gasteiger partial charge >= 0.3 is 0 Å². The van der Waals surface area contributed by atoms with E-state index >= 15 is 0 Å². The van der Waals surface area contributed by atoms with Crippen LogP contribution in [-0.4, -0.2) is 23.2 Å². The number of thioether (sulfide) groups is 1. The minimum Gasteiger partial charge on any atom is -0.493 e. The van der Waals surface area contributed by atoms with E-state index in [4.69, 9.17) is 4.74 Å². The molecule has 0 spiro atoms. The molecule has 1 atom stereocenters. The lowest BCUT2D eigenvalue weighted by Crippen LogP contribution is -2.33. The monoisotopic (exact) mass is 344 g/mol. The van der Waals surface area contributed by atoms with E-state index in [1.165, 1.54) is 23.9 Å². The maximum atomic E-state index is 12.2. The van der Waals surface area contributed by atoms with Gasteiger partial charge in [-0.25, -0.2) is 0 Å². The number of benzene rings is 2. The molecule has 0 radical (unpaired) electrons. The average molecular weight is 344 g/mol. The van der Waals surface area contributed by atoms with Gasteiger partial charge in [0.2, 0.25) is 5.91 Å². The Morgan fingerprint density at radius 3 is 2.75 bits per heavy atom. The van der Waals surface area contributed by atoms with Crippen LogP contribution in [0, 0.1) is 10.1 Å². The van der Waals surface area contributed by atoms with Crippen molar-refractivity contribution < 1.29 is 14.5 Å². The van der Waals surface area contributed by atoms with E-state index in [2.05, 4.69) is 5.32 Å². The maximum Gasteiger partial charge on any atom is 0.269 e. The second kappa shape index (κ2) is 7.35. The van der Waals surface area contributed by atoms with Gasteiger partial charge in [0.25, 0.3) is 5.69 Å². The molecule has 1 heterocycles. The highest BCUT2D eigenvalue weighted by Gasteiger charge is 2.22. The Morgan fingerprint density at radius 1 is 1.25 bits per heavy atom. The lowest BCUT2D eigenvalue weighted by molar-refractivity contribution is -0.384. The molecular formula is C17H16N2O4S. The van der Waals surface area contributed by atoms with Crippen molar-refractivity contribution in [2.45, 2.75) is 17.4 Å². The predicted octanol–water partition coefficient (Wildman–Crippen LogP) is 3.33. The summed E-state index contributed by atoms with van der Waals surface area (Å²) >= 11 is 1.35. The van der Waals surface area contributed by atoms with Crippen LogP contribution >= 0.6 is 11.8 Å². The summed E-state index contributed by atoms with van der Waals surface area (Å²) in [6.45, 7) is 0.581. The van der Waals surface area contributed by atoms with Crippen LogP contribution in [0.4, 0.5) is 5.69 Å². The molecule has 7 heteroatoms. The fraction of sp³-hybridized carbons (Fsp3) is 0.235. The van der Waals surface area contributed by atoms with Gasteiger partial charge in [0, 0.05) is 29.0 Å². The second-order valence-corrected chi connectivity index (χ2v) is 6.38. The molecular weight excluding hydrogens is 328 g/mol.